The van der Waals surface area contributed by atoms with Crippen molar-refractivity contribution in [1.29, 1.82) is 0 Å². The first-order chi connectivity index (χ1) is 13.9. The quantitative estimate of drug-likeness (QED) is 0.529. The lowest BCUT2D eigenvalue weighted by molar-refractivity contribution is 0.373. The van der Waals surface area contributed by atoms with E-state index in [0.717, 1.165) is 35.3 Å². The molecule has 1 aromatic heterocycles. The molecule has 1 heterocycles. The van der Waals surface area contributed by atoms with Crippen molar-refractivity contribution < 1.29 is 9.52 Å². The molecule has 29 heavy (non-hydrogen) atoms. The number of aromatic hydroxyl groups is 1. The molecule has 4 rings (SSSR count). The van der Waals surface area contributed by atoms with E-state index in [-0.39, 0.29) is 16.1 Å². The van der Waals surface area contributed by atoms with Crippen molar-refractivity contribution in [1.82, 2.24) is 0 Å². The predicted octanol–water partition coefficient (Wildman–Crippen LogP) is 6.20. The van der Waals surface area contributed by atoms with Gasteiger partial charge in [0, 0.05) is 16.4 Å². The zero-order valence-electron chi connectivity index (χ0n) is 17.1. The third-order valence-corrected chi connectivity index (χ3v) is 6.81. The van der Waals surface area contributed by atoms with Crippen LogP contribution in [0.15, 0.2) is 73.6 Å². The monoisotopic (exact) mass is 406 g/mol. The van der Waals surface area contributed by atoms with Gasteiger partial charge in [0.15, 0.2) is 0 Å². The summed E-state index contributed by atoms with van der Waals surface area (Å²) in [6.07, 6.45) is 2.75. The Morgan fingerprint density at radius 3 is 2.45 bits per heavy atom. The Balaban J connectivity index is 1.66. The highest BCUT2D eigenvalue weighted by atomic mass is 32.2. The van der Waals surface area contributed by atoms with Crippen molar-refractivity contribution in [2.45, 2.75) is 61.2 Å². The first kappa shape index (κ1) is 19.8. The zero-order chi connectivity index (χ0) is 20.6. The molecule has 2 aromatic carbocycles. The fourth-order valence-electron chi connectivity index (χ4n) is 3.79. The van der Waals surface area contributed by atoms with Crippen LogP contribution in [0.2, 0.25) is 0 Å². The molecule has 0 unspecified atom stereocenters. The van der Waals surface area contributed by atoms with Gasteiger partial charge in [0.2, 0.25) is 0 Å². The Morgan fingerprint density at radius 2 is 1.83 bits per heavy atom. The van der Waals surface area contributed by atoms with Crippen LogP contribution >= 0.6 is 11.8 Å². The molecule has 1 fully saturated rings. The summed E-state index contributed by atoms with van der Waals surface area (Å²) in [5, 5.41) is 10.7. The molecule has 1 saturated carbocycles. The van der Waals surface area contributed by atoms with Crippen LogP contribution in [0.25, 0.3) is 0 Å². The van der Waals surface area contributed by atoms with Crippen LogP contribution in [0.5, 0.6) is 5.75 Å². The molecule has 150 valence electrons. The van der Waals surface area contributed by atoms with Crippen molar-refractivity contribution in [3.05, 3.63) is 87.5 Å². The molecule has 0 amide bonds. The number of aryl methyl sites for hydroxylation is 1. The molecule has 0 aliphatic heterocycles. The van der Waals surface area contributed by atoms with E-state index in [9.17, 15) is 9.90 Å². The highest BCUT2D eigenvalue weighted by Gasteiger charge is 2.47. The molecule has 4 heteroatoms. The van der Waals surface area contributed by atoms with E-state index in [2.05, 4.69) is 44.2 Å². The average Bonchev–Trinajstić information content (AvgIpc) is 3.46. The lowest BCUT2D eigenvalue weighted by atomic mass is 9.93. The summed E-state index contributed by atoms with van der Waals surface area (Å²) >= 11 is 1.30. The minimum Gasteiger partial charge on any atom is -0.506 e. The average molecular weight is 407 g/mol. The van der Waals surface area contributed by atoms with Crippen molar-refractivity contribution in [3.8, 4) is 5.75 Å². The topological polar surface area (TPSA) is 50.4 Å². The Hall–Kier alpha value is -2.46. The van der Waals surface area contributed by atoms with Crippen molar-refractivity contribution in [2.24, 2.45) is 0 Å². The van der Waals surface area contributed by atoms with Crippen LogP contribution in [0.3, 0.4) is 0 Å². The molecular formula is C25H26O3S. The Labute approximate surface area is 175 Å². The summed E-state index contributed by atoms with van der Waals surface area (Å²) in [6.45, 7) is 6.28. The van der Waals surface area contributed by atoms with Crippen LogP contribution in [0, 0.1) is 6.92 Å². The van der Waals surface area contributed by atoms with Gasteiger partial charge in [-0.3, -0.25) is 0 Å². The van der Waals surface area contributed by atoms with Crippen LogP contribution in [0.4, 0.5) is 0 Å². The fourth-order valence-corrected chi connectivity index (χ4v) is 4.96. The number of benzene rings is 2. The fraction of sp³-hybridized carbons (Fsp3) is 0.320. The van der Waals surface area contributed by atoms with Gasteiger partial charge in [-0.2, -0.15) is 0 Å². The number of rotatable bonds is 6. The molecule has 1 aliphatic rings. The summed E-state index contributed by atoms with van der Waals surface area (Å²) in [5.41, 5.74) is 2.86. The first-order valence-corrected chi connectivity index (χ1v) is 10.9. The van der Waals surface area contributed by atoms with Crippen molar-refractivity contribution in [2.75, 3.05) is 0 Å². The molecule has 0 saturated heterocycles. The molecule has 3 nitrogen and oxygen atoms in total. The maximum absolute atomic E-state index is 12.8. The highest BCUT2D eigenvalue weighted by molar-refractivity contribution is 7.99. The third-order valence-electron chi connectivity index (χ3n) is 5.65. The highest BCUT2D eigenvalue weighted by Crippen LogP contribution is 2.51. The second-order valence-corrected chi connectivity index (χ2v) is 9.41. The maximum Gasteiger partial charge on any atom is 0.353 e. The minimum absolute atomic E-state index is 0.0109. The Bertz CT molecular complexity index is 1080. The van der Waals surface area contributed by atoms with Gasteiger partial charge in [0.1, 0.15) is 16.4 Å². The van der Waals surface area contributed by atoms with Crippen LogP contribution in [-0.2, 0) is 11.8 Å². The number of hydrogen-bond acceptors (Lipinski definition) is 4. The molecule has 1 aliphatic carbocycles. The van der Waals surface area contributed by atoms with Gasteiger partial charge in [-0.1, -0.05) is 68.1 Å². The van der Waals surface area contributed by atoms with Crippen LogP contribution in [0.1, 0.15) is 55.1 Å². The molecule has 1 N–H and O–H groups in total. The minimum atomic E-state index is -0.458. The smallest absolute Gasteiger partial charge is 0.353 e. The molecular weight excluding hydrogens is 380 g/mol. The number of hydrogen-bond donors (Lipinski definition) is 1. The van der Waals surface area contributed by atoms with E-state index in [4.69, 9.17) is 4.42 Å². The summed E-state index contributed by atoms with van der Waals surface area (Å²) in [4.78, 5) is 14.1. The van der Waals surface area contributed by atoms with E-state index in [1.165, 1.54) is 17.3 Å². The van der Waals surface area contributed by atoms with E-state index in [0.29, 0.717) is 11.7 Å². The lowest BCUT2D eigenvalue weighted by Crippen LogP contribution is -2.15. The molecule has 0 atom stereocenters. The Morgan fingerprint density at radius 1 is 1.10 bits per heavy atom. The molecule has 0 radical (unpaired) electrons. The summed E-state index contributed by atoms with van der Waals surface area (Å²) in [5.74, 6) is 0.936. The molecule has 3 aromatic rings. The lowest BCUT2D eigenvalue weighted by Gasteiger charge is -2.16. The van der Waals surface area contributed by atoms with Gasteiger partial charge in [-0.25, -0.2) is 4.79 Å². The molecule has 0 spiro atoms. The van der Waals surface area contributed by atoms with E-state index in [1.807, 2.05) is 25.1 Å². The van der Waals surface area contributed by atoms with Gasteiger partial charge in [0.25, 0.3) is 0 Å². The van der Waals surface area contributed by atoms with E-state index in [1.54, 1.807) is 6.07 Å². The van der Waals surface area contributed by atoms with Crippen LogP contribution < -0.4 is 5.63 Å². The van der Waals surface area contributed by atoms with Gasteiger partial charge in [-0.05, 0) is 54.9 Å². The Kier molecular flexibility index (Phi) is 5.30. The second kappa shape index (κ2) is 7.75. The van der Waals surface area contributed by atoms with Crippen molar-refractivity contribution in [3.63, 3.8) is 0 Å². The molecule has 0 bridgehead atoms. The summed E-state index contributed by atoms with van der Waals surface area (Å²) in [6, 6.07) is 18.1. The second-order valence-electron chi connectivity index (χ2n) is 8.35. The standard InChI is InChI=1S/C25H26O3S/c1-16(2)19-10-9-17(3)13-21(19)29-23-20(26)14-22(28-24(23)27)25(11-12-25)15-18-7-5-4-6-8-18/h4-10,13-14,16,26H,11-12,15H2,1-3H3. The SMILES string of the molecule is Cc1ccc(C(C)C)c(Sc2c(O)cc(C3(Cc4ccccc4)CC3)oc2=O)c1. The predicted molar refractivity (Wildman–Crippen MR) is 117 cm³/mol. The van der Waals surface area contributed by atoms with Crippen LogP contribution in [-0.4, -0.2) is 5.11 Å². The van der Waals surface area contributed by atoms with Gasteiger partial charge in [0.05, 0.1) is 0 Å². The van der Waals surface area contributed by atoms with Gasteiger partial charge >= 0.3 is 5.63 Å². The van der Waals surface area contributed by atoms with Crippen molar-refractivity contribution >= 4 is 11.8 Å². The van der Waals surface area contributed by atoms with E-state index < -0.39 is 5.63 Å². The normalized spacial score (nSPS) is 14.9. The first-order valence-electron chi connectivity index (χ1n) is 10.1. The maximum atomic E-state index is 12.8. The zero-order valence-corrected chi connectivity index (χ0v) is 17.9. The summed E-state index contributed by atoms with van der Waals surface area (Å²) in [7, 11) is 0. The summed E-state index contributed by atoms with van der Waals surface area (Å²) < 4.78 is 5.76. The van der Waals surface area contributed by atoms with Gasteiger partial charge < -0.3 is 9.52 Å². The van der Waals surface area contributed by atoms with Gasteiger partial charge in [-0.15, -0.1) is 0 Å². The third kappa shape index (κ3) is 4.13. The largest absolute Gasteiger partial charge is 0.506 e. The van der Waals surface area contributed by atoms with E-state index >= 15 is 0 Å².